The van der Waals surface area contributed by atoms with Gasteiger partial charge < -0.3 is 10.1 Å². The minimum Gasteiger partial charge on any atom is -0.380 e. The predicted molar refractivity (Wildman–Crippen MR) is 81.0 cm³/mol. The molecule has 3 nitrogen and oxygen atoms in total. The van der Waals surface area contributed by atoms with Gasteiger partial charge in [0.15, 0.2) is 0 Å². The minimum atomic E-state index is -0.106. The highest BCUT2D eigenvalue weighted by molar-refractivity contribution is 6.30. The van der Waals surface area contributed by atoms with E-state index < -0.39 is 0 Å². The van der Waals surface area contributed by atoms with Gasteiger partial charge in [-0.05, 0) is 41.0 Å². The van der Waals surface area contributed by atoms with Crippen molar-refractivity contribution in [2.45, 2.75) is 6.61 Å². The molecule has 0 aromatic heterocycles. The van der Waals surface area contributed by atoms with Crippen molar-refractivity contribution in [3.63, 3.8) is 0 Å². The Hall–Kier alpha value is -1.84. The Bertz CT molecular complexity index is 608. The van der Waals surface area contributed by atoms with Crippen LogP contribution in [0, 0.1) is 0 Å². The number of hydrogen-bond donors (Lipinski definition) is 1. The van der Waals surface area contributed by atoms with E-state index in [-0.39, 0.29) is 5.91 Å². The van der Waals surface area contributed by atoms with Gasteiger partial charge in [0.2, 0.25) is 0 Å². The summed E-state index contributed by atoms with van der Waals surface area (Å²) in [6.07, 6.45) is 0. The first kappa shape index (κ1) is 14.6. The van der Waals surface area contributed by atoms with Crippen molar-refractivity contribution in [1.29, 1.82) is 0 Å². The monoisotopic (exact) mass is 289 g/mol. The molecule has 0 bridgehead atoms. The normalized spacial score (nSPS) is 10.3. The first-order valence-corrected chi connectivity index (χ1v) is 6.63. The molecule has 2 aromatic rings. The smallest absolute Gasteiger partial charge is 0.251 e. The van der Waals surface area contributed by atoms with Crippen LogP contribution in [0.2, 0.25) is 5.02 Å². The molecule has 2 aromatic carbocycles. The Kier molecular flexibility index (Phi) is 4.77. The fourth-order valence-electron chi connectivity index (χ4n) is 2.07. The Morgan fingerprint density at radius 1 is 1.20 bits per heavy atom. The van der Waals surface area contributed by atoms with Crippen molar-refractivity contribution in [2.75, 3.05) is 14.2 Å². The Labute approximate surface area is 123 Å². The number of ether oxygens (including phenoxy) is 1. The zero-order valence-electron chi connectivity index (χ0n) is 11.4. The third-order valence-corrected chi connectivity index (χ3v) is 3.30. The molecule has 0 fully saturated rings. The van der Waals surface area contributed by atoms with Crippen molar-refractivity contribution >= 4 is 17.5 Å². The van der Waals surface area contributed by atoms with E-state index in [9.17, 15) is 4.79 Å². The van der Waals surface area contributed by atoms with Crippen LogP contribution in [0.4, 0.5) is 0 Å². The maximum absolute atomic E-state index is 11.7. The van der Waals surface area contributed by atoms with Crippen LogP contribution in [0.25, 0.3) is 11.1 Å². The van der Waals surface area contributed by atoms with E-state index in [4.69, 9.17) is 16.3 Å². The zero-order chi connectivity index (χ0) is 14.5. The van der Waals surface area contributed by atoms with Crippen LogP contribution < -0.4 is 5.32 Å². The third-order valence-electron chi connectivity index (χ3n) is 3.05. The Morgan fingerprint density at radius 2 is 1.90 bits per heavy atom. The number of methoxy groups -OCH3 is 1. The number of rotatable bonds is 4. The van der Waals surface area contributed by atoms with Gasteiger partial charge in [-0.15, -0.1) is 0 Å². The van der Waals surface area contributed by atoms with Crippen LogP contribution >= 0.6 is 11.6 Å². The van der Waals surface area contributed by atoms with E-state index in [0.717, 1.165) is 16.7 Å². The summed E-state index contributed by atoms with van der Waals surface area (Å²) in [5.41, 5.74) is 3.68. The molecule has 0 atom stereocenters. The molecule has 0 aliphatic rings. The van der Waals surface area contributed by atoms with Gasteiger partial charge in [-0.1, -0.05) is 29.8 Å². The van der Waals surface area contributed by atoms with Crippen molar-refractivity contribution < 1.29 is 9.53 Å². The van der Waals surface area contributed by atoms with Gasteiger partial charge in [0, 0.05) is 24.7 Å². The lowest BCUT2D eigenvalue weighted by atomic mass is 9.97. The van der Waals surface area contributed by atoms with E-state index in [0.29, 0.717) is 17.2 Å². The van der Waals surface area contributed by atoms with Crippen molar-refractivity contribution in [1.82, 2.24) is 5.32 Å². The topological polar surface area (TPSA) is 38.3 Å². The summed E-state index contributed by atoms with van der Waals surface area (Å²) in [7, 11) is 3.25. The third kappa shape index (κ3) is 3.18. The molecule has 4 heteroatoms. The lowest BCUT2D eigenvalue weighted by molar-refractivity contribution is 0.0963. The molecule has 0 unspecified atom stereocenters. The maximum atomic E-state index is 11.7. The molecule has 20 heavy (non-hydrogen) atoms. The summed E-state index contributed by atoms with van der Waals surface area (Å²) in [4.78, 5) is 11.7. The molecule has 104 valence electrons. The van der Waals surface area contributed by atoms with Crippen LogP contribution in [0.3, 0.4) is 0 Å². The highest BCUT2D eigenvalue weighted by Gasteiger charge is 2.10. The molecule has 0 heterocycles. The molecule has 0 radical (unpaired) electrons. The van der Waals surface area contributed by atoms with Gasteiger partial charge in [0.1, 0.15) is 0 Å². The van der Waals surface area contributed by atoms with Gasteiger partial charge in [-0.2, -0.15) is 0 Å². The van der Waals surface area contributed by atoms with Gasteiger partial charge in [-0.3, -0.25) is 4.79 Å². The van der Waals surface area contributed by atoms with Crippen molar-refractivity contribution in [3.05, 3.63) is 58.6 Å². The zero-order valence-corrected chi connectivity index (χ0v) is 12.2. The standard InChI is InChI=1S/C16H16ClNO2/c1-18-16(19)12-5-8-15(13(9-12)10-20-2)11-3-6-14(17)7-4-11/h3-9H,10H2,1-2H3,(H,18,19). The largest absolute Gasteiger partial charge is 0.380 e. The molecule has 0 aliphatic heterocycles. The molecule has 1 N–H and O–H groups in total. The lowest BCUT2D eigenvalue weighted by Gasteiger charge is -2.11. The van der Waals surface area contributed by atoms with Crippen LogP contribution in [-0.4, -0.2) is 20.1 Å². The Balaban J connectivity index is 2.46. The van der Waals surface area contributed by atoms with Crippen LogP contribution in [-0.2, 0) is 11.3 Å². The number of carbonyl (C=O) groups is 1. The van der Waals surface area contributed by atoms with Crippen LogP contribution in [0.1, 0.15) is 15.9 Å². The SMILES string of the molecule is CNC(=O)c1ccc(-c2ccc(Cl)cc2)c(COC)c1. The summed E-state index contributed by atoms with van der Waals surface area (Å²) in [6.45, 7) is 0.447. The lowest BCUT2D eigenvalue weighted by Crippen LogP contribution is -2.18. The molecule has 1 amide bonds. The van der Waals surface area contributed by atoms with Crippen LogP contribution in [0.5, 0.6) is 0 Å². The molecule has 0 aliphatic carbocycles. The number of halogens is 1. The highest BCUT2D eigenvalue weighted by atomic mass is 35.5. The van der Waals surface area contributed by atoms with E-state index >= 15 is 0 Å². The second-order valence-electron chi connectivity index (χ2n) is 4.39. The summed E-state index contributed by atoms with van der Waals surface area (Å²) in [5, 5.41) is 3.32. The molecule has 0 saturated heterocycles. The number of amides is 1. The quantitative estimate of drug-likeness (QED) is 0.935. The molecule has 0 spiro atoms. The number of hydrogen-bond acceptors (Lipinski definition) is 2. The molecule has 0 saturated carbocycles. The number of benzene rings is 2. The molecular formula is C16H16ClNO2. The van der Waals surface area contributed by atoms with Crippen molar-refractivity contribution in [2.24, 2.45) is 0 Å². The molecule has 2 rings (SSSR count). The average Bonchev–Trinajstić information content (AvgIpc) is 2.48. The van der Waals surface area contributed by atoms with Gasteiger partial charge in [0.25, 0.3) is 5.91 Å². The summed E-state index contributed by atoms with van der Waals surface area (Å²) in [6, 6.07) is 13.2. The maximum Gasteiger partial charge on any atom is 0.251 e. The van der Waals surface area contributed by atoms with Gasteiger partial charge in [0.05, 0.1) is 6.61 Å². The van der Waals surface area contributed by atoms with Gasteiger partial charge in [-0.25, -0.2) is 0 Å². The van der Waals surface area contributed by atoms with Crippen LogP contribution in [0.15, 0.2) is 42.5 Å². The second kappa shape index (κ2) is 6.55. The fraction of sp³-hybridized carbons (Fsp3) is 0.188. The van der Waals surface area contributed by atoms with E-state index in [1.165, 1.54) is 0 Å². The fourth-order valence-corrected chi connectivity index (χ4v) is 2.19. The first-order chi connectivity index (χ1) is 9.65. The Morgan fingerprint density at radius 3 is 2.50 bits per heavy atom. The average molecular weight is 290 g/mol. The first-order valence-electron chi connectivity index (χ1n) is 6.25. The van der Waals surface area contributed by atoms with E-state index in [1.54, 1.807) is 14.2 Å². The summed E-state index contributed by atoms with van der Waals surface area (Å²) >= 11 is 5.91. The number of carbonyl (C=O) groups excluding carboxylic acids is 1. The molecular weight excluding hydrogens is 274 g/mol. The summed E-state index contributed by atoms with van der Waals surface area (Å²) in [5.74, 6) is -0.106. The van der Waals surface area contributed by atoms with Gasteiger partial charge >= 0.3 is 0 Å². The minimum absolute atomic E-state index is 0.106. The summed E-state index contributed by atoms with van der Waals surface area (Å²) < 4.78 is 5.22. The number of nitrogens with one attached hydrogen (secondary N) is 1. The second-order valence-corrected chi connectivity index (χ2v) is 4.83. The predicted octanol–water partition coefficient (Wildman–Crippen LogP) is 3.51. The highest BCUT2D eigenvalue weighted by Crippen LogP contribution is 2.26. The van der Waals surface area contributed by atoms with E-state index in [2.05, 4.69) is 5.32 Å². The van der Waals surface area contributed by atoms with E-state index in [1.807, 2.05) is 42.5 Å². The van der Waals surface area contributed by atoms with Crippen molar-refractivity contribution in [3.8, 4) is 11.1 Å².